The van der Waals surface area contributed by atoms with Crippen molar-refractivity contribution in [3.63, 3.8) is 0 Å². The second-order valence-corrected chi connectivity index (χ2v) is 10.5. The topological polar surface area (TPSA) is 130 Å². The first-order chi connectivity index (χ1) is 15.9. The third-order valence-corrected chi connectivity index (χ3v) is 8.05. The maximum Gasteiger partial charge on any atom is 0.354 e. The molecule has 0 bridgehead atoms. The largest absolute Gasteiger partial charge is 0.474 e. The molecule has 1 aromatic heterocycles. The molecule has 2 aliphatic carbocycles. The summed E-state index contributed by atoms with van der Waals surface area (Å²) in [6, 6.07) is 1.54. The molecule has 11 heteroatoms. The van der Waals surface area contributed by atoms with Crippen LogP contribution in [0.25, 0.3) is 0 Å². The summed E-state index contributed by atoms with van der Waals surface area (Å²) in [6.07, 6.45) is 6.04. The monoisotopic (exact) mass is 475 g/mol. The van der Waals surface area contributed by atoms with Gasteiger partial charge in [0.1, 0.15) is 17.6 Å². The van der Waals surface area contributed by atoms with Crippen molar-refractivity contribution in [1.29, 1.82) is 0 Å². The minimum Gasteiger partial charge on any atom is -0.474 e. The van der Waals surface area contributed by atoms with E-state index < -0.39 is 15.9 Å². The van der Waals surface area contributed by atoms with Gasteiger partial charge in [-0.1, -0.05) is 6.07 Å². The number of amides is 2. The van der Waals surface area contributed by atoms with Crippen molar-refractivity contribution < 1.29 is 23.2 Å². The highest BCUT2D eigenvalue weighted by molar-refractivity contribution is 7.91. The number of hydrogen-bond acceptors (Lipinski definition) is 6. The lowest BCUT2D eigenvalue weighted by atomic mass is 9.94. The van der Waals surface area contributed by atoms with E-state index in [4.69, 9.17) is 19.3 Å². The fourth-order valence-corrected chi connectivity index (χ4v) is 6.18. The molecule has 33 heavy (non-hydrogen) atoms. The van der Waals surface area contributed by atoms with Crippen LogP contribution in [0, 0.1) is 0 Å². The summed E-state index contributed by atoms with van der Waals surface area (Å²) in [7, 11) is -0.291. The van der Waals surface area contributed by atoms with Gasteiger partial charge in [-0.15, -0.1) is 4.36 Å². The lowest BCUT2D eigenvalue weighted by Gasteiger charge is -2.23. The number of rotatable bonds is 5. The fraction of sp³-hybridized carbons (Fsp3) is 0.545. The third kappa shape index (κ3) is 4.03. The average Bonchev–Trinajstić information content (AvgIpc) is 3.51. The van der Waals surface area contributed by atoms with E-state index in [2.05, 4.69) is 20.8 Å². The van der Waals surface area contributed by atoms with E-state index >= 15 is 0 Å². The molecule has 10 nitrogen and oxygen atoms in total. The van der Waals surface area contributed by atoms with Crippen molar-refractivity contribution in [3.05, 3.63) is 34.5 Å². The number of methoxy groups -OCH3 is 2. The van der Waals surface area contributed by atoms with Crippen LogP contribution in [-0.2, 0) is 45.2 Å². The number of nitrogens with one attached hydrogen (secondary N) is 1. The van der Waals surface area contributed by atoms with Crippen LogP contribution in [0.5, 0.6) is 5.88 Å². The van der Waals surface area contributed by atoms with Crippen molar-refractivity contribution in [2.75, 3.05) is 32.8 Å². The van der Waals surface area contributed by atoms with Crippen LogP contribution in [0.2, 0.25) is 0 Å². The molecule has 5 rings (SSSR count). The van der Waals surface area contributed by atoms with Crippen molar-refractivity contribution in [3.8, 4) is 5.88 Å². The molecule has 2 heterocycles. The number of nitrogens with two attached hydrogens (primary N) is 1. The summed E-state index contributed by atoms with van der Waals surface area (Å²) in [5.41, 5.74) is 5.55. The number of aromatic nitrogens is 2. The minimum absolute atomic E-state index is 0.105. The zero-order valence-corrected chi connectivity index (χ0v) is 19.7. The molecule has 2 aromatic rings. The van der Waals surface area contributed by atoms with Crippen molar-refractivity contribution in [2.24, 2.45) is 9.50 Å². The SMILES string of the molecule is COC[C@@H]1CCc2cc3c(c(NC(=O)N=[S@@](N)(=O)c4cnn5c4OC[C@@H](OC)C5)c21)CCC3. The Bertz CT molecular complexity index is 1220. The number of urea groups is 1. The number of ether oxygens (including phenoxy) is 3. The van der Waals surface area contributed by atoms with Crippen molar-refractivity contribution in [2.45, 2.75) is 55.6 Å². The van der Waals surface area contributed by atoms with Gasteiger partial charge >= 0.3 is 6.03 Å². The maximum absolute atomic E-state index is 13.3. The van der Waals surface area contributed by atoms with Crippen LogP contribution >= 0.6 is 0 Å². The van der Waals surface area contributed by atoms with Crippen LogP contribution in [0.4, 0.5) is 10.5 Å². The number of anilines is 1. The fourth-order valence-electron chi connectivity index (χ4n) is 5.18. The molecule has 3 N–H and O–H groups in total. The molecule has 0 saturated carbocycles. The van der Waals surface area contributed by atoms with Gasteiger partial charge in [0.15, 0.2) is 9.92 Å². The Morgan fingerprint density at radius 2 is 2.21 bits per heavy atom. The number of nitrogens with zero attached hydrogens (tertiary/aromatic N) is 3. The summed E-state index contributed by atoms with van der Waals surface area (Å²) in [5.74, 6) is 0.465. The maximum atomic E-state index is 13.3. The van der Waals surface area contributed by atoms with Crippen LogP contribution in [0.1, 0.15) is 41.0 Å². The summed E-state index contributed by atoms with van der Waals surface area (Å²) in [4.78, 5) is 13.1. The summed E-state index contributed by atoms with van der Waals surface area (Å²) in [5, 5.41) is 13.2. The van der Waals surface area contributed by atoms with Gasteiger partial charge in [-0.3, -0.25) is 0 Å². The predicted molar refractivity (Wildman–Crippen MR) is 122 cm³/mol. The molecule has 1 aromatic carbocycles. The first kappa shape index (κ1) is 22.3. The van der Waals surface area contributed by atoms with Gasteiger partial charge in [-0.2, -0.15) is 5.10 Å². The van der Waals surface area contributed by atoms with Crippen molar-refractivity contribution in [1.82, 2.24) is 9.78 Å². The molecule has 0 fully saturated rings. The molecule has 3 aliphatic rings. The molecule has 0 unspecified atom stereocenters. The van der Waals surface area contributed by atoms with E-state index in [9.17, 15) is 9.00 Å². The number of benzene rings is 1. The lowest BCUT2D eigenvalue weighted by molar-refractivity contribution is 0.0165. The van der Waals surface area contributed by atoms with Crippen LogP contribution in [-0.4, -0.2) is 53.6 Å². The van der Waals surface area contributed by atoms with Gasteiger partial charge in [0, 0.05) is 25.8 Å². The second-order valence-electron chi connectivity index (χ2n) is 8.76. The first-order valence-corrected chi connectivity index (χ1v) is 12.7. The van der Waals surface area contributed by atoms with E-state index in [1.165, 1.54) is 22.0 Å². The lowest BCUT2D eigenvalue weighted by Crippen LogP contribution is -2.32. The van der Waals surface area contributed by atoms with Gasteiger partial charge in [0.05, 0.1) is 19.3 Å². The molecule has 2 amide bonds. The van der Waals surface area contributed by atoms with Gasteiger partial charge in [-0.05, 0) is 54.4 Å². The predicted octanol–water partition coefficient (Wildman–Crippen LogP) is 2.39. The summed E-state index contributed by atoms with van der Waals surface area (Å²) >= 11 is 0. The highest BCUT2D eigenvalue weighted by Gasteiger charge is 2.32. The number of aryl methyl sites for hydroxylation is 2. The highest BCUT2D eigenvalue weighted by atomic mass is 32.2. The Morgan fingerprint density at radius 1 is 1.36 bits per heavy atom. The molecule has 0 spiro atoms. The normalized spacial score (nSPS) is 22.6. The number of carbonyl (C=O) groups excluding carboxylic acids is 1. The zero-order chi connectivity index (χ0) is 23.2. The number of fused-ring (bicyclic) bond motifs is 3. The Hall–Kier alpha value is -2.47. The summed E-state index contributed by atoms with van der Waals surface area (Å²) < 4.78 is 35.0. The van der Waals surface area contributed by atoms with Crippen LogP contribution < -0.4 is 15.2 Å². The first-order valence-electron chi connectivity index (χ1n) is 11.1. The Labute approximate surface area is 193 Å². The zero-order valence-electron chi connectivity index (χ0n) is 18.8. The standard InChI is InChI=1S/C22H29N5O5S/c1-30-11-15-7-6-14-8-13-4-3-5-17(13)20(19(14)15)25-22(28)26-33(23,29)18-9-24-27-10-16(31-2)12-32-21(18)27/h8-9,15-16H,3-7,10-12H2,1-2H3,(H3,23,25,26,28,29)/t15-,16-,33+/m0/s1. The number of hydrogen-bond donors (Lipinski definition) is 2. The van der Waals surface area contributed by atoms with E-state index in [0.29, 0.717) is 13.2 Å². The average molecular weight is 476 g/mol. The smallest absolute Gasteiger partial charge is 0.354 e. The molecule has 0 radical (unpaired) electrons. The molecule has 178 valence electrons. The van der Waals surface area contributed by atoms with E-state index in [-0.39, 0.29) is 29.4 Å². The van der Waals surface area contributed by atoms with Crippen molar-refractivity contribution >= 4 is 21.6 Å². The Kier molecular flexibility index (Phi) is 5.89. The van der Waals surface area contributed by atoms with Gasteiger partial charge in [-0.25, -0.2) is 18.8 Å². The molecule has 0 saturated heterocycles. The van der Waals surface area contributed by atoms with E-state index in [1.54, 1.807) is 14.2 Å². The quantitative estimate of drug-likeness (QED) is 0.683. The Balaban J connectivity index is 1.47. The van der Waals surface area contributed by atoms with Gasteiger partial charge < -0.3 is 19.5 Å². The third-order valence-electron chi connectivity index (χ3n) is 6.71. The van der Waals surface area contributed by atoms with E-state index in [1.807, 2.05) is 0 Å². The molecular formula is C22H29N5O5S. The second kappa shape index (κ2) is 8.71. The van der Waals surface area contributed by atoms with Crippen LogP contribution in [0.15, 0.2) is 21.5 Å². The summed E-state index contributed by atoms with van der Waals surface area (Å²) in [6.45, 7) is 1.30. The van der Waals surface area contributed by atoms with Gasteiger partial charge in [0.25, 0.3) is 0 Å². The van der Waals surface area contributed by atoms with Crippen LogP contribution in [0.3, 0.4) is 0 Å². The highest BCUT2D eigenvalue weighted by Crippen LogP contribution is 2.44. The molecule has 1 aliphatic heterocycles. The Morgan fingerprint density at radius 3 is 3.00 bits per heavy atom. The van der Waals surface area contributed by atoms with E-state index in [0.717, 1.165) is 48.9 Å². The number of carbonyl (C=O) groups is 1. The molecular weight excluding hydrogens is 446 g/mol. The molecule has 3 atom stereocenters. The minimum atomic E-state index is -3.56. The van der Waals surface area contributed by atoms with Gasteiger partial charge in [0.2, 0.25) is 5.88 Å².